The van der Waals surface area contributed by atoms with Crippen molar-refractivity contribution in [3.8, 4) is 11.8 Å². The minimum Gasteiger partial charge on any atom is -0.397 e. The van der Waals surface area contributed by atoms with Crippen LogP contribution in [0.5, 0.6) is 0 Å². The highest BCUT2D eigenvalue weighted by Gasteiger charge is 2.47. The summed E-state index contributed by atoms with van der Waals surface area (Å²) in [5.41, 5.74) is 10.8. The number of rotatable bonds is 4. The number of ether oxygens (including phenoxy) is 1. The van der Waals surface area contributed by atoms with Gasteiger partial charge in [-0.1, -0.05) is 56.4 Å². The van der Waals surface area contributed by atoms with Gasteiger partial charge in [-0.25, -0.2) is 0 Å². The van der Waals surface area contributed by atoms with E-state index in [1.165, 1.54) is 23.1 Å². The number of methoxy groups -OCH3 is 1. The third-order valence-electron chi connectivity index (χ3n) is 10.4. The number of hydrogen-bond acceptors (Lipinski definition) is 6. The van der Waals surface area contributed by atoms with E-state index in [-0.39, 0.29) is 23.7 Å². The molecular formula is C37H48ClN3O3S. The van der Waals surface area contributed by atoms with Gasteiger partial charge < -0.3 is 20.5 Å². The van der Waals surface area contributed by atoms with E-state index >= 15 is 0 Å². The Morgan fingerprint density at radius 2 is 1.98 bits per heavy atom. The Bertz CT molecular complexity index is 1450. The number of aliphatic hydroxyl groups is 1. The Kier molecular flexibility index (Phi) is 11.1. The van der Waals surface area contributed by atoms with E-state index in [4.69, 9.17) is 22.1 Å². The molecule has 3 aliphatic rings. The number of aliphatic hydroxyl groups excluding tert-OH is 1. The van der Waals surface area contributed by atoms with Gasteiger partial charge in [-0.3, -0.25) is 9.52 Å². The monoisotopic (exact) mass is 649 g/mol. The molecule has 1 fully saturated rings. The van der Waals surface area contributed by atoms with E-state index in [9.17, 15) is 9.90 Å². The van der Waals surface area contributed by atoms with Crippen LogP contribution in [-0.2, 0) is 11.2 Å². The van der Waals surface area contributed by atoms with Crippen molar-refractivity contribution < 1.29 is 14.6 Å². The lowest BCUT2D eigenvalue weighted by Crippen LogP contribution is -2.51. The van der Waals surface area contributed by atoms with Crippen LogP contribution in [0.2, 0.25) is 5.02 Å². The molecule has 5 rings (SSSR count). The van der Waals surface area contributed by atoms with E-state index < -0.39 is 5.60 Å². The van der Waals surface area contributed by atoms with E-state index in [1.54, 1.807) is 7.11 Å². The number of benzene rings is 2. The molecule has 1 saturated carbocycles. The van der Waals surface area contributed by atoms with Gasteiger partial charge in [0.2, 0.25) is 0 Å². The molecule has 2 aliphatic carbocycles. The largest absolute Gasteiger partial charge is 0.397 e. The summed E-state index contributed by atoms with van der Waals surface area (Å²) in [6.07, 6.45) is 9.81. The molecule has 1 amide bonds. The number of carbonyl (C=O) groups is 1. The molecule has 1 heterocycles. The standard InChI is InChI=1S/C37H48ClN3O3S/c1-24-8-7-18-37(44-4,17-5-6-19-42)33-15-11-29(33)22-41(23-32-25(2)9-10-27-20-30(38)13-14-31(27)32)35-21-28(12-16-34(35)39)36(43)40-45-26(24)3/h7,12-14,16,18,20-21,24-26,29,32-33,42H,6,8-11,15,19,22-23,39H2,1-4H3,(H,40,43)/b18-7+/t24-,25+,26+,29-,32?,33+,37-/m0/s1. The molecule has 8 heteroatoms. The first-order chi connectivity index (χ1) is 21.7. The second kappa shape index (κ2) is 14.9. The van der Waals surface area contributed by atoms with E-state index in [2.05, 4.69) is 66.5 Å². The molecule has 0 aromatic heterocycles. The molecule has 6 nitrogen and oxygen atoms in total. The van der Waals surface area contributed by atoms with Crippen molar-refractivity contribution in [2.24, 2.45) is 23.7 Å². The lowest BCUT2D eigenvalue weighted by molar-refractivity contribution is -0.0350. The Morgan fingerprint density at radius 1 is 1.16 bits per heavy atom. The van der Waals surface area contributed by atoms with Crippen molar-refractivity contribution in [1.82, 2.24) is 4.72 Å². The van der Waals surface area contributed by atoms with Gasteiger partial charge in [0, 0.05) is 54.3 Å². The number of allylic oxidation sites excluding steroid dienone is 1. The quantitative estimate of drug-likeness (QED) is 0.140. The van der Waals surface area contributed by atoms with Crippen molar-refractivity contribution in [2.45, 2.75) is 76.1 Å². The fraction of sp³-hybridized carbons (Fsp3) is 0.541. The predicted molar refractivity (Wildman–Crippen MR) is 188 cm³/mol. The minimum absolute atomic E-state index is 0.0255. The third kappa shape index (κ3) is 7.52. The number of aryl methyl sites for hydroxylation is 1. The number of hydrogen-bond donors (Lipinski definition) is 3. The molecular weight excluding hydrogens is 602 g/mol. The molecule has 1 unspecified atom stereocenters. The van der Waals surface area contributed by atoms with Crippen LogP contribution in [0.1, 0.15) is 80.3 Å². The normalized spacial score (nSPS) is 31.0. The van der Waals surface area contributed by atoms with Gasteiger partial charge >= 0.3 is 0 Å². The highest BCUT2D eigenvalue weighted by Crippen LogP contribution is 2.47. The summed E-state index contributed by atoms with van der Waals surface area (Å²) in [6.45, 7) is 8.27. The summed E-state index contributed by atoms with van der Waals surface area (Å²) in [7, 11) is 1.76. The Labute approximate surface area is 278 Å². The van der Waals surface area contributed by atoms with Gasteiger partial charge in [-0.15, -0.1) is 0 Å². The smallest absolute Gasteiger partial charge is 0.261 e. The Morgan fingerprint density at radius 3 is 2.71 bits per heavy atom. The summed E-state index contributed by atoms with van der Waals surface area (Å²) in [4.78, 5) is 15.8. The highest BCUT2D eigenvalue weighted by molar-refractivity contribution is 7.98. The van der Waals surface area contributed by atoms with E-state index in [0.29, 0.717) is 41.3 Å². The highest BCUT2D eigenvalue weighted by atomic mass is 35.5. The molecule has 4 N–H and O–H groups in total. The van der Waals surface area contributed by atoms with Crippen LogP contribution in [0.3, 0.4) is 0 Å². The van der Waals surface area contributed by atoms with Crippen LogP contribution >= 0.6 is 23.5 Å². The average molecular weight is 650 g/mol. The van der Waals surface area contributed by atoms with Crippen LogP contribution in [0, 0.1) is 35.5 Å². The number of nitrogen functional groups attached to an aromatic ring is 1. The molecule has 2 aromatic carbocycles. The fourth-order valence-corrected chi connectivity index (χ4v) is 8.13. The Balaban J connectivity index is 1.57. The first kappa shape index (κ1) is 33.7. The SMILES string of the molecule is CO[C@@]1(C#CCCO)/C=C/C[C@H](C)[C@@H](C)SNC(=O)c2ccc(N)c(c2)N(CC2c3ccc(Cl)cc3CC[C@H]2C)C[C@@H]2CC[C@H]21. The lowest BCUT2D eigenvalue weighted by atomic mass is 9.64. The maximum atomic E-state index is 13.4. The number of amides is 1. The van der Waals surface area contributed by atoms with Crippen molar-refractivity contribution in [1.29, 1.82) is 0 Å². The summed E-state index contributed by atoms with van der Waals surface area (Å²) in [5, 5.41) is 10.5. The van der Waals surface area contributed by atoms with Crippen molar-refractivity contribution in [3.63, 3.8) is 0 Å². The van der Waals surface area contributed by atoms with Crippen LogP contribution in [-0.4, -0.2) is 48.7 Å². The van der Waals surface area contributed by atoms with E-state index in [1.807, 2.05) is 24.3 Å². The molecule has 0 spiro atoms. The maximum Gasteiger partial charge on any atom is 0.261 e. The Hall–Kier alpha value is -2.63. The molecule has 0 saturated heterocycles. The molecule has 45 heavy (non-hydrogen) atoms. The van der Waals surface area contributed by atoms with Crippen LogP contribution in [0.25, 0.3) is 0 Å². The van der Waals surface area contributed by atoms with Gasteiger partial charge in [0.25, 0.3) is 5.91 Å². The van der Waals surface area contributed by atoms with Crippen molar-refractivity contribution in [3.05, 3.63) is 70.3 Å². The predicted octanol–water partition coefficient (Wildman–Crippen LogP) is 7.25. The number of carbonyl (C=O) groups excluding carboxylic acids is 1. The topological polar surface area (TPSA) is 87.8 Å². The fourth-order valence-electron chi connectivity index (χ4n) is 7.18. The zero-order valence-electron chi connectivity index (χ0n) is 27.0. The zero-order valence-corrected chi connectivity index (χ0v) is 28.6. The molecule has 242 valence electrons. The number of fused-ring (bicyclic) bond motifs is 4. The van der Waals surface area contributed by atoms with Crippen LogP contribution in [0.4, 0.5) is 11.4 Å². The van der Waals surface area contributed by atoms with Crippen LogP contribution in [0.15, 0.2) is 48.6 Å². The maximum absolute atomic E-state index is 13.4. The zero-order chi connectivity index (χ0) is 32.1. The van der Waals surface area contributed by atoms with Gasteiger partial charge in [-0.2, -0.15) is 0 Å². The second-order valence-electron chi connectivity index (χ2n) is 13.2. The number of anilines is 2. The second-order valence-corrected chi connectivity index (χ2v) is 14.9. The van der Waals surface area contributed by atoms with Gasteiger partial charge in [0.1, 0.15) is 5.60 Å². The van der Waals surface area contributed by atoms with Crippen LogP contribution < -0.4 is 15.4 Å². The minimum atomic E-state index is -0.736. The molecule has 0 radical (unpaired) electrons. The number of nitrogens with one attached hydrogen (secondary N) is 1. The number of nitrogens with zero attached hydrogens (tertiary/aromatic N) is 1. The summed E-state index contributed by atoms with van der Waals surface area (Å²) in [6, 6.07) is 12.0. The van der Waals surface area contributed by atoms with Gasteiger partial charge in [0.15, 0.2) is 0 Å². The van der Waals surface area contributed by atoms with Gasteiger partial charge in [0.05, 0.1) is 18.0 Å². The number of nitrogens with two attached hydrogens (primary N) is 1. The molecule has 7 atom stereocenters. The lowest BCUT2D eigenvalue weighted by Gasteiger charge is -2.48. The first-order valence-electron chi connectivity index (χ1n) is 16.4. The first-order valence-corrected chi connectivity index (χ1v) is 17.6. The number of halogens is 1. The molecule has 2 bridgehead atoms. The molecule has 2 aromatic rings. The van der Waals surface area contributed by atoms with Crippen molar-refractivity contribution >= 4 is 40.8 Å². The summed E-state index contributed by atoms with van der Waals surface area (Å²) in [5.74, 6) is 8.13. The third-order valence-corrected chi connectivity index (χ3v) is 11.8. The average Bonchev–Trinajstić information content (AvgIpc) is 3.01. The summed E-state index contributed by atoms with van der Waals surface area (Å²) < 4.78 is 9.40. The van der Waals surface area contributed by atoms with Crippen molar-refractivity contribution in [2.75, 3.05) is 37.4 Å². The van der Waals surface area contributed by atoms with E-state index in [0.717, 1.165) is 55.9 Å². The summed E-state index contributed by atoms with van der Waals surface area (Å²) >= 11 is 7.88. The molecule has 1 aliphatic heterocycles. The van der Waals surface area contributed by atoms with Gasteiger partial charge in [-0.05, 0) is 109 Å².